The lowest BCUT2D eigenvalue weighted by Gasteiger charge is -2.15. The first kappa shape index (κ1) is 12.2. The van der Waals surface area contributed by atoms with Gasteiger partial charge in [-0.25, -0.2) is 0 Å². The topological polar surface area (TPSA) is 53.6 Å². The fourth-order valence-electron chi connectivity index (χ4n) is 1.65. The van der Waals surface area contributed by atoms with E-state index in [-0.39, 0.29) is 0 Å². The summed E-state index contributed by atoms with van der Waals surface area (Å²) in [5.74, 6) is 0. The summed E-state index contributed by atoms with van der Waals surface area (Å²) in [5.41, 5.74) is 1.04. The lowest BCUT2D eigenvalue weighted by Crippen LogP contribution is -2.22. The molecule has 4 nitrogen and oxygen atoms in total. The van der Waals surface area contributed by atoms with Crippen LogP contribution >= 0.6 is 0 Å². The number of aromatic amines is 1. The maximum Gasteiger partial charge on any atom is 0.0993 e. The van der Waals surface area contributed by atoms with Gasteiger partial charge >= 0.3 is 0 Å². The molecular weight excluding hydrogens is 188 g/mol. The Morgan fingerprint density at radius 1 is 1.33 bits per heavy atom. The molecule has 4 heteroatoms. The van der Waals surface area contributed by atoms with Gasteiger partial charge in [-0.05, 0) is 19.4 Å². The molecule has 0 radical (unpaired) electrons. The summed E-state index contributed by atoms with van der Waals surface area (Å²) in [6.07, 6.45) is 7.94. The van der Waals surface area contributed by atoms with E-state index in [0.717, 1.165) is 25.1 Å². The molecule has 0 saturated carbocycles. The number of rotatable bonds is 8. The predicted octanol–water partition coefficient (Wildman–Crippen LogP) is 2.43. The number of H-pyrrole nitrogens is 1. The van der Waals surface area contributed by atoms with Gasteiger partial charge in [0.1, 0.15) is 0 Å². The molecule has 1 rings (SSSR count). The largest absolute Gasteiger partial charge is 0.309 e. The predicted molar refractivity (Wildman–Crippen MR) is 61.6 cm³/mol. The van der Waals surface area contributed by atoms with Crippen molar-refractivity contribution in [2.24, 2.45) is 0 Å². The molecule has 0 aromatic carbocycles. The molecule has 1 heterocycles. The quantitative estimate of drug-likeness (QED) is 0.648. The van der Waals surface area contributed by atoms with Gasteiger partial charge in [-0.15, -0.1) is 0 Å². The maximum atomic E-state index is 4.15. The Morgan fingerprint density at radius 3 is 2.80 bits per heavy atom. The van der Waals surface area contributed by atoms with Crippen molar-refractivity contribution in [3.05, 3.63) is 11.9 Å². The summed E-state index contributed by atoms with van der Waals surface area (Å²) in [5, 5.41) is 14.2. The highest BCUT2D eigenvalue weighted by Crippen LogP contribution is 2.16. The first-order valence-corrected chi connectivity index (χ1v) is 5.97. The Morgan fingerprint density at radius 2 is 2.20 bits per heavy atom. The molecule has 15 heavy (non-hydrogen) atoms. The van der Waals surface area contributed by atoms with E-state index in [1.165, 1.54) is 19.3 Å². The summed E-state index contributed by atoms with van der Waals surface area (Å²) >= 11 is 0. The van der Waals surface area contributed by atoms with Crippen LogP contribution < -0.4 is 5.32 Å². The molecule has 0 amide bonds. The van der Waals surface area contributed by atoms with E-state index in [2.05, 4.69) is 34.6 Å². The molecule has 0 aliphatic rings. The van der Waals surface area contributed by atoms with Gasteiger partial charge in [0, 0.05) is 0 Å². The van der Waals surface area contributed by atoms with Crippen LogP contribution in [0, 0.1) is 0 Å². The zero-order chi connectivity index (χ0) is 10.9. The molecule has 86 valence electrons. The minimum absolute atomic E-state index is 0.371. The van der Waals surface area contributed by atoms with Crippen molar-refractivity contribution in [2.45, 2.75) is 52.0 Å². The second-order valence-corrected chi connectivity index (χ2v) is 3.90. The number of aromatic nitrogens is 3. The first-order chi connectivity index (χ1) is 7.38. The van der Waals surface area contributed by atoms with Gasteiger partial charge in [-0.1, -0.05) is 33.1 Å². The highest BCUT2D eigenvalue weighted by molar-refractivity contribution is 4.99. The van der Waals surface area contributed by atoms with E-state index in [9.17, 15) is 0 Å². The highest BCUT2D eigenvalue weighted by atomic mass is 15.3. The number of nitrogens with zero attached hydrogens (tertiary/aromatic N) is 2. The van der Waals surface area contributed by atoms with E-state index in [1.54, 1.807) is 0 Å². The zero-order valence-electron chi connectivity index (χ0n) is 9.79. The van der Waals surface area contributed by atoms with Crippen molar-refractivity contribution >= 4 is 0 Å². The summed E-state index contributed by atoms with van der Waals surface area (Å²) in [6, 6.07) is 0.371. The van der Waals surface area contributed by atoms with E-state index >= 15 is 0 Å². The number of unbranched alkanes of at least 4 members (excludes halogenated alkanes) is 2. The fraction of sp³-hybridized carbons (Fsp3) is 0.818. The highest BCUT2D eigenvalue weighted by Gasteiger charge is 2.12. The number of hydrogen-bond donors (Lipinski definition) is 2. The fourth-order valence-corrected chi connectivity index (χ4v) is 1.65. The van der Waals surface area contributed by atoms with E-state index in [1.807, 2.05) is 6.20 Å². The van der Waals surface area contributed by atoms with Crippen LogP contribution in [0.15, 0.2) is 6.20 Å². The van der Waals surface area contributed by atoms with Crippen LogP contribution in [0.3, 0.4) is 0 Å². The molecule has 0 saturated heterocycles. The molecule has 2 N–H and O–H groups in total. The standard InChI is InChI=1S/C11H22N4/c1-3-5-6-7-10(12-8-4-2)11-9-13-15-14-11/h9-10,12H,3-8H2,1-2H3,(H,13,14,15). The first-order valence-electron chi connectivity index (χ1n) is 5.97. The zero-order valence-corrected chi connectivity index (χ0v) is 9.79. The van der Waals surface area contributed by atoms with E-state index in [0.29, 0.717) is 6.04 Å². The lowest BCUT2D eigenvalue weighted by atomic mass is 10.1. The van der Waals surface area contributed by atoms with E-state index in [4.69, 9.17) is 0 Å². The second kappa shape index (κ2) is 7.40. The molecular formula is C11H22N4. The molecule has 1 aromatic rings. The van der Waals surface area contributed by atoms with Crippen molar-refractivity contribution in [1.82, 2.24) is 20.7 Å². The molecule has 0 spiro atoms. The van der Waals surface area contributed by atoms with Crippen molar-refractivity contribution < 1.29 is 0 Å². The molecule has 0 bridgehead atoms. The van der Waals surface area contributed by atoms with Gasteiger partial charge in [-0.2, -0.15) is 15.4 Å². The Hall–Kier alpha value is -0.900. The van der Waals surface area contributed by atoms with Crippen molar-refractivity contribution in [3.8, 4) is 0 Å². The maximum absolute atomic E-state index is 4.15. The van der Waals surface area contributed by atoms with E-state index < -0.39 is 0 Å². The number of nitrogens with one attached hydrogen (secondary N) is 2. The Bertz CT molecular complexity index is 233. The van der Waals surface area contributed by atoms with Gasteiger partial charge in [-0.3, -0.25) is 0 Å². The van der Waals surface area contributed by atoms with Crippen molar-refractivity contribution in [2.75, 3.05) is 6.54 Å². The van der Waals surface area contributed by atoms with Gasteiger partial charge < -0.3 is 5.32 Å². The molecule has 1 aromatic heterocycles. The number of hydrogen-bond acceptors (Lipinski definition) is 3. The van der Waals surface area contributed by atoms with Crippen molar-refractivity contribution in [1.29, 1.82) is 0 Å². The smallest absolute Gasteiger partial charge is 0.0993 e. The minimum Gasteiger partial charge on any atom is -0.309 e. The lowest BCUT2D eigenvalue weighted by molar-refractivity contribution is 0.465. The Kier molecular flexibility index (Phi) is 6.00. The summed E-state index contributed by atoms with van der Waals surface area (Å²) in [7, 11) is 0. The van der Waals surface area contributed by atoms with Gasteiger partial charge in [0.15, 0.2) is 0 Å². The average molecular weight is 210 g/mol. The monoisotopic (exact) mass is 210 g/mol. The minimum atomic E-state index is 0.371. The van der Waals surface area contributed by atoms with Crippen LogP contribution in [0.2, 0.25) is 0 Å². The molecule has 1 atom stereocenters. The third-order valence-electron chi connectivity index (χ3n) is 2.53. The normalized spacial score (nSPS) is 12.9. The second-order valence-electron chi connectivity index (χ2n) is 3.90. The van der Waals surface area contributed by atoms with Gasteiger partial charge in [0.25, 0.3) is 0 Å². The molecule has 1 unspecified atom stereocenters. The molecule has 0 fully saturated rings. The Balaban J connectivity index is 2.39. The van der Waals surface area contributed by atoms with Crippen LogP contribution in [0.1, 0.15) is 57.7 Å². The van der Waals surface area contributed by atoms with Crippen LogP contribution in [0.25, 0.3) is 0 Å². The van der Waals surface area contributed by atoms with Crippen LogP contribution in [-0.2, 0) is 0 Å². The summed E-state index contributed by atoms with van der Waals surface area (Å²) in [4.78, 5) is 0. The SMILES string of the molecule is CCCCCC(NCCC)c1cn[nH]n1. The van der Waals surface area contributed by atoms with Gasteiger partial charge in [0.05, 0.1) is 17.9 Å². The van der Waals surface area contributed by atoms with Crippen LogP contribution in [0.4, 0.5) is 0 Å². The Labute approximate surface area is 91.9 Å². The van der Waals surface area contributed by atoms with Crippen molar-refractivity contribution in [3.63, 3.8) is 0 Å². The van der Waals surface area contributed by atoms with Gasteiger partial charge in [0.2, 0.25) is 0 Å². The molecule has 0 aliphatic heterocycles. The third-order valence-corrected chi connectivity index (χ3v) is 2.53. The van der Waals surface area contributed by atoms with Crippen LogP contribution in [0.5, 0.6) is 0 Å². The average Bonchev–Trinajstić information content (AvgIpc) is 2.76. The summed E-state index contributed by atoms with van der Waals surface area (Å²) in [6.45, 7) is 5.45. The summed E-state index contributed by atoms with van der Waals surface area (Å²) < 4.78 is 0. The van der Waals surface area contributed by atoms with Crippen LogP contribution in [-0.4, -0.2) is 22.0 Å². The molecule has 0 aliphatic carbocycles. The third kappa shape index (κ3) is 4.42.